The van der Waals surface area contributed by atoms with E-state index in [-0.39, 0.29) is 23.4 Å². The van der Waals surface area contributed by atoms with Crippen molar-refractivity contribution in [3.8, 4) is 0 Å². The summed E-state index contributed by atoms with van der Waals surface area (Å²) in [6.07, 6.45) is 4.31. The maximum Gasteiger partial charge on any atom is 0.264 e. The first-order valence-corrected chi connectivity index (χ1v) is 16.3. The molecule has 3 aromatic carbocycles. The molecule has 3 aromatic rings. The van der Waals surface area contributed by atoms with Crippen molar-refractivity contribution in [1.29, 1.82) is 0 Å². The van der Waals surface area contributed by atoms with Crippen LogP contribution in [0.2, 0.25) is 5.02 Å². The molecule has 0 aliphatic heterocycles. The van der Waals surface area contributed by atoms with Gasteiger partial charge in [0, 0.05) is 17.6 Å². The molecule has 1 N–H and O–H groups in total. The lowest BCUT2D eigenvalue weighted by Gasteiger charge is -2.34. The van der Waals surface area contributed by atoms with Crippen LogP contribution in [0.1, 0.15) is 61.3 Å². The Bertz CT molecular complexity index is 1520. The van der Waals surface area contributed by atoms with Gasteiger partial charge >= 0.3 is 0 Å². The molecule has 1 fully saturated rings. The Kier molecular flexibility index (Phi) is 10.3. The summed E-state index contributed by atoms with van der Waals surface area (Å²) in [5.41, 5.74) is 3.68. The van der Waals surface area contributed by atoms with Gasteiger partial charge < -0.3 is 10.2 Å². The second-order valence-electron chi connectivity index (χ2n) is 11.1. The second kappa shape index (κ2) is 13.7. The number of benzene rings is 3. The summed E-state index contributed by atoms with van der Waals surface area (Å²) in [6, 6.07) is 18.5. The van der Waals surface area contributed by atoms with Crippen LogP contribution in [0.5, 0.6) is 0 Å². The fourth-order valence-corrected chi connectivity index (χ4v) is 7.12. The molecule has 0 heterocycles. The smallest absolute Gasteiger partial charge is 0.264 e. The molecule has 1 atom stereocenters. The quantitative estimate of drug-likeness (QED) is 0.275. The van der Waals surface area contributed by atoms with Crippen molar-refractivity contribution >= 4 is 39.1 Å². The average molecular weight is 610 g/mol. The number of carbonyl (C=O) groups is 2. The average Bonchev–Trinajstić information content (AvgIpc) is 3.47. The number of nitrogens with one attached hydrogen (secondary N) is 1. The molecule has 0 aromatic heterocycles. The SMILES string of the molecule is CC[C@H](C(=O)NC1CCCC1)N(Cc1ccccc1Cl)C(=O)CN(c1cccc(C)c1C)S(=O)(=O)c1ccc(C)cc1. The minimum absolute atomic E-state index is 0.0698. The molecule has 0 radical (unpaired) electrons. The monoisotopic (exact) mass is 609 g/mol. The molecule has 1 saturated carbocycles. The first-order chi connectivity index (χ1) is 20.0. The van der Waals surface area contributed by atoms with Crippen molar-refractivity contribution in [3.63, 3.8) is 0 Å². The highest BCUT2D eigenvalue weighted by Gasteiger charge is 2.35. The Morgan fingerprint density at radius 3 is 2.26 bits per heavy atom. The molecule has 9 heteroatoms. The van der Waals surface area contributed by atoms with Crippen molar-refractivity contribution in [2.75, 3.05) is 10.8 Å². The highest BCUT2D eigenvalue weighted by Crippen LogP contribution is 2.30. The summed E-state index contributed by atoms with van der Waals surface area (Å²) in [5.74, 6) is -0.718. The third-order valence-corrected chi connectivity index (χ3v) is 10.3. The Hall–Kier alpha value is -3.36. The Labute approximate surface area is 254 Å². The summed E-state index contributed by atoms with van der Waals surface area (Å²) >= 11 is 6.50. The number of hydrogen-bond donors (Lipinski definition) is 1. The van der Waals surface area contributed by atoms with Crippen LogP contribution in [0.15, 0.2) is 71.6 Å². The summed E-state index contributed by atoms with van der Waals surface area (Å²) in [4.78, 5) is 29.5. The van der Waals surface area contributed by atoms with Gasteiger partial charge in [-0.2, -0.15) is 0 Å². The van der Waals surface area contributed by atoms with Gasteiger partial charge in [-0.25, -0.2) is 8.42 Å². The van der Waals surface area contributed by atoms with E-state index >= 15 is 0 Å². The highest BCUT2D eigenvalue weighted by molar-refractivity contribution is 7.92. The van der Waals surface area contributed by atoms with E-state index in [1.807, 2.05) is 45.9 Å². The fourth-order valence-electron chi connectivity index (χ4n) is 5.45. The Balaban J connectivity index is 1.75. The van der Waals surface area contributed by atoms with Gasteiger partial charge in [-0.3, -0.25) is 13.9 Å². The predicted octanol–water partition coefficient (Wildman–Crippen LogP) is 6.33. The molecule has 0 unspecified atom stereocenters. The van der Waals surface area contributed by atoms with Gasteiger partial charge in [0.1, 0.15) is 12.6 Å². The third-order valence-electron chi connectivity index (χ3n) is 8.12. The molecule has 224 valence electrons. The minimum atomic E-state index is -4.13. The molecular formula is C33H40ClN3O4S. The van der Waals surface area contributed by atoms with Crippen LogP contribution in [0.25, 0.3) is 0 Å². The van der Waals surface area contributed by atoms with E-state index in [1.54, 1.807) is 48.5 Å². The van der Waals surface area contributed by atoms with Gasteiger partial charge in [-0.15, -0.1) is 0 Å². The zero-order valence-corrected chi connectivity index (χ0v) is 26.3. The van der Waals surface area contributed by atoms with Crippen molar-refractivity contribution < 1.29 is 18.0 Å². The van der Waals surface area contributed by atoms with Crippen molar-refractivity contribution in [2.45, 2.75) is 83.3 Å². The molecular weight excluding hydrogens is 570 g/mol. The highest BCUT2D eigenvalue weighted by atomic mass is 35.5. The number of nitrogens with zero attached hydrogens (tertiary/aromatic N) is 2. The van der Waals surface area contributed by atoms with E-state index in [2.05, 4.69) is 5.32 Å². The van der Waals surface area contributed by atoms with E-state index in [4.69, 9.17) is 11.6 Å². The van der Waals surface area contributed by atoms with Gasteiger partial charge in [-0.1, -0.05) is 79.4 Å². The van der Waals surface area contributed by atoms with Gasteiger partial charge in [0.25, 0.3) is 10.0 Å². The lowest BCUT2D eigenvalue weighted by molar-refractivity contribution is -0.140. The summed E-state index contributed by atoms with van der Waals surface area (Å²) < 4.78 is 29.4. The zero-order valence-electron chi connectivity index (χ0n) is 24.8. The van der Waals surface area contributed by atoms with E-state index < -0.39 is 28.5 Å². The molecule has 0 saturated heterocycles. The zero-order chi connectivity index (χ0) is 30.4. The number of sulfonamides is 1. The fraction of sp³-hybridized carbons (Fsp3) is 0.394. The molecule has 0 spiro atoms. The van der Waals surface area contributed by atoms with Crippen LogP contribution in [-0.2, 0) is 26.2 Å². The van der Waals surface area contributed by atoms with Crippen molar-refractivity contribution in [2.24, 2.45) is 0 Å². The predicted molar refractivity (Wildman–Crippen MR) is 168 cm³/mol. The number of hydrogen-bond acceptors (Lipinski definition) is 4. The number of halogens is 1. The van der Waals surface area contributed by atoms with Gasteiger partial charge in [-0.05, 0) is 81.0 Å². The first-order valence-electron chi connectivity index (χ1n) is 14.5. The lowest BCUT2D eigenvalue weighted by atomic mass is 10.1. The van der Waals surface area contributed by atoms with E-state index in [0.29, 0.717) is 22.7 Å². The Morgan fingerprint density at radius 1 is 0.952 bits per heavy atom. The lowest BCUT2D eigenvalue weighted by Crippen LogP contribution is -2.53. The van der Waals surface area contributed by atoms with E-state index in [0.717, 1.165) is 42.4 Å². The normalized spacial score (nSPS) is 14.4. The molecule has 7 nitrogen and oxygen atoms in total. The largest absolute Gasteiger partial charge is 0.352 e. The number of aryl methyl sites for hydroxylation is 2. The number of carbonyl (C=O) groups excluding carboxylic acids is 2. The summed E-state index contributed by atoms with van der Waals surface area (Å²) in [6.45, 7) is 7.09. The molecule has 1 aliphatic carbocycles. The standard InChI is InChI=1S/C33H40ClN3O4S/c1-5-30(33(39)35-27-13-7-8-14-27)36(21-26-12-6-9-15-29(26)34)32(38)22-37(31-16-10-11-24(3)25(31)4)42(40,41)28-19-17-23(2)18-20-28/h6,9-12,15-20,27,30H,5,7-8,13-14,21-22H2,1-4H3,(H,35,39)/t30-/m1/s1. The summed E-state index contributed by atoms with van der Waals surface area (Å²) in [7, 11) is -4.13. The number of anilines is 1. The number of rotatable bonds is 11. The van der Waals surface area contributed by atoms with E-state index in [9.17, 15) is 18.0 Å². The Morgan fingerprint density at radius 2 is 1.62 bits per heavy atom. The van der Waals surface area contributed by atoms with Crippen molar-refractivity contribution in [1.82, 2.24) is 10.2 Å². The van der Waals surface area contributed by atoms with E-state index in [1.165, 1.54) is 9.21 Å². The van der Waals surface area contributed by atoms with Crippen LogP contribution in [0, 0.1) is 20.8 Å². The third kappa shape index (κ3) is 7.16. The minimum Gasteiger partial charge on any atom is -0.352 e. The molecule has 1 aliphatic rings. The maximum absolute atomic E-state index is 14.3. The number of amides is 2. The molecule has 42 heavy (non-hydrogen) atoms. The van der Waals surface area contributed by atoms with Gasteiger partial charge in [0.2, 0.25) is 11.8 Å². The summed E-state index contributed by atoms with van der Waals surface area (Å²) in [5, 5.41) is 3.60. The topological polar surface area (TPSA) is 86.8 Å². The van der Waals surface area contributed by atoms with Crippen LogP contribution in [0.3, 0.4) is 0 Å². The second-order valence-corrected chi connectivity index (χ2v) is 13.3. The van der Waals surface area contributed by atoms with Crippen molar-refractivity contribution in [3.05, 3.63) is 94.0 Å². The molecule has 2 amide bonds. The first kappa shape index (κ1) is 31.6. The van der Waals surface area contributed by atoms with Crippen LogP contribution in [-0.4, -0.2) is 43.8 Å². The van der Waals surface area contributed by atoms with Crippen LogP contribution in [0.4, 0.5) is 5.69 Å². The van der Waals surface area contributed by atoms with Gasteiger partial charge in [0.15, 0.2) is 0 Å². The molecule has 0 bridgehead atoms. The van der Waals surface area contributed by atoms with Crippen LogP contribution < -0.4 is 9.62 Å². The maximum atomic E-state index is 14.3. The molecule has 4 rings (SSSR count). The van der Waals surface area contributed by atoms with Crippen LogP contribution >= 0.6 is 11.6 Å². The van der Waals surface area contributed by atoms with Gasteiger partial charge in [0.05, 0.1) is 10.6 Å².